The second-order valence-corrected chi connectivity index (χ2v) is 10.8. The zero-order chi connectivity index (χ0) is 22.2. The molecule has 2 fully saturated rings. The molecular formula is C16H33N4NaO8S2. The molecule has 2 rings (SSSR count). The van der Waals surface area contributed by atoms with E-state index in [4.69, 9.17) is 9.29 Å². The summed E-state index contributed by atoms with van der Waals surface area (Å²) in [5.41, 5.74) is 0. The topological polar surface area (TPSA) is 154 Å². The van der Waals surface area contributed by atoms with Crippen molar-refractivity contribution >= 4 is 20.2 Å². The molecule has 15 heteroatoms. The van der Waals surface area contributed by atoms with Gasteiger partial charge in [0.1, 0.15) is 6.23 Å². The maximum atomic E-state index is 12.5. The molecule has 178 valence electrons. The van der Waals surface area contributed by atoms with Crippen molar-refractivity contribution in [2.24, 2.45) is 0 Å². The molecule has 0 aromatic rings. The normalized spacial score (nSPS) is 23.0. The van der Waals surface area contributed by atoms with E-state index in [2.05, 4.69) is 4.90 Å². The first-order valence-electron chi connectivity index (χ1n) is 10.1. The summed E-state index contributed by atoms with van der Waals surface area (Å²) in [5.74, 6) is -0.722. The van der Waals surface area contributed by atoms with E-state index in [1.165, 1.54) is 0 Å². The van der Waals surface area contributed by atoms with E-state index < -0.39 is 32.2 Å². The van der Waals surface area contributed by atoms with E-state index in [9.17, 15) is 26.5 Å². The van der Waals surface area contributed by atoms with Crippen molar-refractivity contribution in [2.45, 2.75) is 6.23 Å². The van der Waals surface area contributed by atoms with Crippen molar-refractivity contribution in [1.82, 2.24) is 19.6 Å². The van der Waals surface area contributed by atoms with Crippen molar-refractivity contribution in [2.75, 3.05) is 96.7 Å². The van der Waals surface area contributed by atoms with Gasteiger partial charge in [-0.15, -0.1) is 0 Å². The summed E-state index contributed by atoms with van der Waals surface area (Å²) >= 11 is 0. The van der Waals surface area contributed by atoms with Gasteiger partial charge >= 0.3 is 29.6 Å². The van der Waals surface area contributed by atoms with Crippen LogP contribution in [0.5, 0.6) is 0 Å². The van der Waals surface area contributed by atoms with Crippen LogP contribution in [0, 0.1) is 0 Å². The Balaban J connectivity index is 0.00000480. The number of nitrogens with zero attached hydrogens (tertiary/aromatic N) is 4. The monoisotopic (exact) mass is 496 g/mol. The average molecular weight is 497 g/mol. The molecule has 1 atom stereocenters. The third-order valence-electron chi connectivity index (χ3n) is 5.37. The van der Waals surface area contributed by atoms with Crippen LogP contribution in [0.15, 0.2) is 0 Å². The molecule has 0 radical (unpaired) electrons. The molecule has 0 aromatic carbocycles. The van der Waals surface area contributed by atoms with Crippen LogP contribution in [0.1, 0.15) is 0 Å². The molecule has 2 aliphatic heterocycles. The fourth-order valence-electron chi connectivity index (χ4n) is 3.60. The van der Waals surface area contributed by atoms with Gasteiger partial charge in [-0.1, -0.05) is 0 Å². The number of β-amino-alcohol motifs (C(OH)–C–C–N with tert-alkyl or cyclic N) is 2. The molecule has 0 amide bonds. The molecule has 31 heavy (non-hydrogen) atoms. The van der Waals surface area contributed by atoms with E-state index >= 15 is 0 Å². The number of hydrogen-bond donors (Lipinski definition) is 2. The van der Waals surface area contributed by atoms with Gasteiger partial charge < -0.3 is 14.8 Å². The van der Waals surface area contributed by atoms with Gasteiger partial charge in [-0.05, 0) is 0 Å². The Bertz CT molecular complexity index is 719. The quantitative estimate of drug-likeness (QED) is 0.150. The zero-order valence-electron chi connectivity index (χ0n) is 18.1. The van der Waals surface area contributed by atoms with Crippen molar-refractivity contribution in [3.8, 4) is 0 Å². The minimum Gasteiger partial charge on any atom is -0.748 e. The molecule has 2 aliphatic rings. The molecule has 0 saturated carbocycles. The van der Waals surface area contributed by atoms with Crippen molar-refractivity contribution in [3.63, 3.8) is 0 Å². The fraction of sp³-hybridized carbons (Fsp3) is 1.00. The Morgan fingerprint density at radius 2 is 1.29 bits per heavy atom. The van der Waals surface area contributed by atoms with Crippen LogP contribution in [-0.2, 0) is 24.4 Å². The summed E-state index contributed by atoms with van der Waals surface area (Å²) in [7, 11) is -8.20. The number of aliphatic hydroxyl groups is 2. The first-order valence-corrected chi connectivity index (χ1v) is 13.2. The van der Waals surface area contributed by atoms with Gasteiger partial charge in [-0.3, -0.25) is 19.6 Å². The SMILES string of the molecule is O=S(=O)([O-])CCN1CCN(CCO)C(OS(=O)(=O)CCN2CCN(CCO)CC2)C1.[Na+]. The maximum absolute atomic E-state index is 12.5. The summed E-state index contributed by atoms with van der Waals surface area (Å²) in [6, 6.07) is 0. The molecular weight excluding hydrogens is 463 g/mol. The Kier molecular flexibility index (Phi) is 13.5. The Labute approximate surface area is 207 Å². The second-order valence-electron chi connectivity index (χ2n) is 7.54. The molecule has 2 heterocycles. The summed E-state index contributed by atoms with van der Waals surface area (Å²) in [5, 5.41) is 18.2. The average Bonchev–Trinajstić information content (AvgIpc) is 2.67. The van der Waals surface area contributed by atoms with Crippen molar-refractivity contribution in [1.29, 1.82) is 0 Å². The summed E-state index contributed by atoms with van der Waals surface area (Å²) in [4.78, 5) is 7.54. The van der Waals surface area contributed by atoms with Crippen LogP contribution in [0.25, 0.3) is 0 Å². The molecule has 0 aromatic heterocycles. The van der Waals surface area contributed by atoms with Gasteiger partial charge in [0, 0.05) is 72.0 Å². The predicted octanol–water partition coefficient (Wildman–Crippen LogP) is -6.57. The number of hydrogen-bond acceptors (Lipinski definition) is 12. The molecule has 0 spiro atoms. The van der Waals surface area contributed by atoms with Gasteiger partial charge in [-0.2, -0.15) is 8.42 Å². The first-order chi connectivity index (χ1) is 14.1. The molecule has 1 unspecified atom stereocenters. The summed E-state index contributed by atoms with van der Waals surface area (Å²) < 4.78 is 63.1. The molecule has 12 nitrogen and oxygen atoms in total. The standard InChI is InChI=1S/C16H34N4O8S2.Na/c21-11-7-17-1-3-18(4-2-17)10-14-30(26,27)28-16-15-19(9-13-29(23,24)25)5-6-20(16)8-12-22;/h16,21-22H,1-15H2,(H,23,24,25);/q;+1/p-1. The number of rotatable bonds is 12. The van der Waals surface area contributed by atoms with E-state index in [0.717, 1.165) is 13.1 Å². The van der Waals surface area contributed by atoms with E-state index in [0.29, 0.717) is 39.3 Å². The third kappa shape index (κ3) is 11.5. The maximum Gasteiger partial charge on any atom is 1.00 e. The van der Waals surface area contributed by atoms with Gasteiger partial charge in [0.05, 0.1) is 34.8 Å². The molecule has 0 bridgehead atoms. The van der Waals surface area contributed by atoms with E-state index in [1.807, 2.05) is 4.90 Å². The Morgan fingerprint density at radius 3 is 1.84 bits per heavy atom. The fourth-order valence-corrected chi connectivity index (χ4v) is 5.18. The minimum atomic E-state index is -4.36. The molecule has 2 N–H and O–H groups in total. The Morgan fingerprint density at radius 1 is 0.774 bits per heavy atom. The number of piperazine rings is 2. The van der Waals surface area contributed by atoms with Crippen LogP contribution < -0.4 is 29.6 Å². The van der Waals surface area contributed by atoms with E-state index in [-0.39, 0.29) is 68.2 Å². The molecule has 2 saturated heterocycles. The van der Waals surface area contributed by atoms with Gasteiger partial charge in [0.2, 0.25) is 0 Å². The van der Waals surface area contributed by atoms with Crippen molar-refractivity contribution in [3.05, 3.63) is 0 Å². The zero-order valence-corrected chi connectivity index (χ0v) is 21.8. The predicted molar refractivity (Wildman–Crippen MR) is 108 cm³/mol. The van der Waals surface area contributed by atoms with Crippen molar-refractivity contribution < 1.29 is 65.3 Å². The minimum absolute atomic E-state index is 0. The van der Waals surface area contributed by atoms with Crippen LogP contribution in [-0.4, -0.2) is 154 Å². The second kappa shape index (κ2) is 14.1. The van der Waals surface area contributed by atoms with Gasteiger partial charge in [-0.25, -0.2) is 12.6 Å². The van der Waals surface area contributed by atoms with Crippen LogP contribution in [0.2, 0.25) is 0 Å². The summed E-state index contributed by atoms with van der Waals surface area (Å²) in [6.45, 7) is 5.09. The van der Waals surface area contributed by atoms with Crippen LogP contribution >= 0.6 is 0 Å². The smallest absolute Gasteiger partial charge is 0.748 e. The first kappa shape index (κ1) is 29.6. The summed E-state index contributed by atoms with van der Waals surface area (Å²) in [6.07, 6.45) is -0.841. The van der Waals surface area contributed by atoms with Gasteiger partial charge in [0.15, 0.2) is 0 Å². The number of aliphatic hydroxyl groups excluding tert-OH is 2. The van der Waals surface area contributed by atoms with Gasteiger partial charge in [0.25, 0.3) is 10.1 Å². The Hall–Kier alpha value is 0.580. The largest absolute Gasteiger partial charge is 1.00 e. The van der Waals surface area contributed by atoms with E-state index in [1.54, 1.807) is 9.80 Å². The van der Waals surface area contributed by atoms with Crippen LogP contribution in [0.3, 0.4) is 0 Å². The third-order valence-corrected chi connectivity index (χ3v) is 7.25. The molecule has 0 aliphatic carbocycles. The van der Waals surface area contributed by atoms with Crippen LogP contribution in [0.4, 0.5) is 0 Å².